The van der Waals surface area contributed by atoms with Gasteiger partial charge in [0.2, 0.25) is 5.91 Å². The molecule has 0 spiro atoms. The summed E-state index contributed by atoms with van der Waals surface area (Å²) in [6.45, 7) is 3.80. The molecule has 0 saturated heterocycles. The smallest absolute Gasteiger partial charge is 0.253 e. The lowest BCUT2D eigenvalue weighted by atomic mass is 10.1. The molecule has 0 unspecified atom stereocenters. The lowest BCUT2D eigenvalue weighted by Gasteiger charge is -2.15. The van der Waals surface area contributed by atoms with Crippen molar-refractivity contribution in [2.75, 3.05) is 12.4 Å². The molecule has 0 aliphatic heterocycles. The van der Waals surface area contributed by atoms with Gasteiger partial charge in [-0.1, -0.05) is 23.7 Å². The number of methoxy groups -OCH3 is 1. The number of ether oxygens (including phenoxy) is 2. The van der Waals surface area contributed by atoms with Crippen LogP contribution in [0.2, 0.25) is 5.02 Å². The molecular weight excluding hydrogens is 404 g/mol. The number of hydrogen-bond acceptors (Lipinski definition) is 4. The molecular formula is C23H25ClN2O4. The van der Waals surface area contributed by atoms with Crippen molar-refractivity contribution in [3.63, 3.8) is 0 Å². The third kappa shape index (κ3) is 5.76. The van der Waals surface area contributed by atoms with Gasteiger partial charge >= 0.3 is 0 Å². The molecule has 1 aliphatic carbocycles. The Kier molecular flexibility index (Phi) is 7.00. The summed E-state index contributed by atoms with van der Waals surface area (Å²) in [4.78, 5) is 24.8. The number of amides is 2. The highest BCUT2D eigenvalue weighted by atomic mass is 35.5. The minimum absolute atomic E-state index is 0.0549. The second-order valence-corrected chi connectivity index (χ2v) is 7.72. The third-order valence-corrected chi connectivity index (χ3v) is 4.66. The number of nitrogens with one attached hydrogen (secondary N) is 2. The zero-order valence-electron chi connectivity index (χ0n) is 17.2. The molecule has 2 amide bonds. The molecule has 3 rings (SSSR count). The fourth-order valence-electron chi connectivity index (χ4n) is 2.81. The van der Waals surface area contributed by atoms with Gasteiger partial charge in [0.15, 0.2) is 11.5 Å². The Balaban J connectivity index is 1.72. The van der Waals surface area contributed by atoms with E-state index in [0.717, 1.165) is 12.8 Å². The molecule has 2 aromatic rings. The van der Waals surface area contributed by atoms with E-state index in [0.29, 0.717) is 33.3 Å². The quantitative estimate of drug-likeness (QED) is 0.598. The van der Waals surface area contributed by atoms with Crippen molar-refractivity contribution in [2.45, 2.75) is 38.8 Å². The number of carbonyl (C=O) groups excluding carboxylic acids is 2. The van der Waals surface area contributed by atoms with E-state index in [1.807, 2.05) is 13.8 Å². The Morgan fingerprint density at radius 2 is 1.93 bits per heavy atom. The molecule has 1 aliphatic rings. The molecule has 0 aromatic heterocycles. The predicted octanol–water partition coefficient (Wildman–Crippen LogP) is 4.68. The molecule has 0 radical (unpaired) electrons. The zero-order chi connectivity index (χ0) is 21.7. The number of anilines is 1. The maximum atomic E-state index is 12.4. The van der Waals surface area contributed by atoms with E-state index in [2.05, 4.69) is 10.6 Å². The van der Waals surface area contributed by atoms with Crippen LogP contribution in [-0.2, 0) is 4.79 Å². The Bertz CT molecular complexity index is 968. The SMILES string of the molecule is COc1cc(C=CC(=O)Nc2ccccc2C(=O)NC2CC2)cc(Cl)c1OC(C)C. The monoisotopic (exact) mass is 428 g/mol. The summed E-state index contributed by atoms with van der Waals surface area (Å²) in [6, 6.07) is 10.6. The minimum Gasteiger partial charge on any atom is -0.493 e. The van der Waals surface area contributed by atoms with Crippen molar-refractivity contribution in [2.24, 2.45) is 0 Å². The van der Waals surface area contributed by atoms with Gasteiger partial charge in [-0.2, -0.15) is 0 Å². The van der Waals surface area contributed by atoms with Crippen LogP contribution in [0, 0.1) is 0 Å². The highest BCUT2D eigenvalue weighted by molar-refractivity contribution is 6.32. The van der Waals surface area contributed by atoms with Crippen molar-refractivity contribution >= 4 is 35.2 Å². The first-order valence-corrected chi connectivity index (χ1v) is 10.2. The van der Waals surface area contributed by atoms with Crippen LogP contribution in [0.1, 0.15) is 42.6 Å². The molecule has 0 bridgehead atoms. The summed E-state index contributed by atoms with van der Waals surface area (Å²) in [7, 11) is 1.53. The van der Waals surface area contributed by atoms with Crippen LogP contribution in [0.3, 0.4) is 0 Å². The second-order valence-electron chi connectivity index (χ2n) is 7.32. The van der Waals surface area contributed by atoms with Crippen LogP contribution in [0.15, 0.2) is 42.5 Å². The second kappa shape index (κ2) is 9.67. The maximum absolute atomic E-state index is 12.4. The van der Waals surface area contributed by atoms with Crippen molar-refractivity contribution in [3.05, 3.63) is 58.6 Å². The van der Waals surface area contributed by atoms with E-state index < -0.39 is 0 Å². The van der Waals surface area contributed by atoms with E-state index in [1.54, 1.807) is 42.5 Å². The highest BCUT2D eigenvalue weighted by Gasteiger charge is 2.24. The number of benzene rings is 2. The van der Waals surface area contributed by atoms with Gasteiger partial charge in [-0.05, 0) is 62.6 Å². The van der Waals surface area contributed by atoms with Crippen LogP contribution in [0.5, 0.6) is 11.5 Å². The van der Waals surface area contributed by atoms with E-state index in [1.165, 1.54) is 13.2 Å². The van der Waals surface area contributed by atoms with E-state index in [9.17, 15) is 9.59 Å². The van der Waals surface area contributed by atoms with Crippen molar-refractivity contribution in [1.82, 2.24) is 5.32 Å². The van der Waals surface area contributed by atoms with Crippen LogP contribution in [-0.4, -0.2) is 31.1 Å². The van der Waals surface area contributed by atoms with Gasteiger partial charge in [-0.15, -0.1) is 0 Å². The first-order chi connectivity index (χ1) is 14.4. The van der Waals surface area contributed by atoms with E-state index in [-0.39, 0.29) is 24.0 Å². The summed E-state index contributed by atoms with van der Waals surface area (Å²) in [5, 5.41) is 6.08. The average molecular weight is 429 g/mol. The number of halogens is 1. The van der Waals surface area contributed by atoms with Gasteiger partial charge < -0.3 is 20.1 Å². The standard InChI is InChI=1S/C23H25ClN2O4/c1-14(2)30-22-18(24)12-15(13-20(22)29-3)8-11-21(27)26-19-7-5-4-6-17(19)23(28)25-16-9-10-16/h4-8,11-14,16H,9-10H2,1-3H3,(H,25,28)(H,26,27). The first kappa shape index (κ1) is 21.7. The summed E-state index contributed by atoms with van der Waals surface area (Å²) >= 11 is 6.32. The van der Waals surface area contributed by atoms with Gasteiger partial charge in [0.25, 0.3) is 5.91 Å². The van der Waals surface area contributed by atoms with Gasteiger partial charge in [0, 0.05) is 12.1 Å². The van der Waals surface area contributed by atoms with Gasteiger partial charge in [-0.25, -0.2) is 0 Å². The third-order valence-electron chi connectivity index (χ3n) is 4.37. The number of carbonyl (C=O) groups is 2. The lowest BCUT2D eigenvalue weighted by Crippen LogP contribution is -2.26. The topological polar surface area (TPSA) is 76.7 Å². The largest absolute Gasteiger partial charge is 0.493 e. The number of rotatable bonds is 8. The minimum atomic E-state index is -0.362. The van der Waals surface area contributed by atoms with Crippen LogP contribution in [0.25, 0.3) is 6.08 Å². The highest BCUT2D eigenvalue weighted by Crippen LogP contribution is 2.37. The van der Waals surface area contributed by atoms with Gasteiger partial charge in [0.1, 0.15) is 0 Å². The van der Waals surface area contributed by atoms with Gasteiger partial charge in [0.05, 0.1) is 29.5 Å². The lowest BCUT2D eigenvalue weighted by molar-refractivity contribution is -0.111. The summed E-state index contributed by atoms with van der Waals surface area (Å²) in [5.74, 6) is 0.402. The maximum Gasteiger partial charge on any atom is 0.253 e. The summed E-state index contributed by atoms with van der Waals surface area (Å²) in [5.41, 5.74) is 1.58. The Hall–Kier alpha value is -2.99. The van der Waals surface area contributed by atoms with Gasteiger partial charge in [-0.3, -0.25) is 9.59 Å². The van der Waals surface area contributed by atoms with Crippen molar-refractivity contribution in [3.8, 4) is 11.5 Å². The Morgan fingerprint density at radius 3 is 2.60 bits per heavy atom. The Labute approximate surface area is 181 Å². The zero-order valence-corrected chi connectivity index (χ0v) is 18.0. The molecule has 7 heteroatoms. The fraction of sp³-hybridized carbons (Fsp3) is 0.304. The molecule has 1 fully saturated rings. The Morgan fingerprint density at radius 1 is 1.20 bits per heavy atom. The van der Waals surface area contributed by atoms with E-state index in [4.69, 9.17) is 21.1 Å². The molecule has 6 nitrogen and oxygen atoms in total. The normalized spacial score (nSPS) is 13.4. The molecule has 158 valence electrons. The molecule has 2 N–H and O–H groups in total. The van der Waals surface area contributed by atoms with Crippen molar-refractivity contribution in [1.29, 1.82) is 0 Å². The molecule has 2 aromatic carbocycles. The van der Waals surface area contributed by atoms with Crippen molar-refractivity contribution < 1.29 is 19.1 Å². The molecule has 0 heterocycles. The van der Waals surface area contributed by atoms with Crippen LogP contribution >= 0.6 is 11.6 Å². The predicted molar refractivity (Wildman–Crippen MR) is 118 cm³/mol. The number of para-hydroxylation sites is 1. The average Bonchev–Trinajstić information content (AvgIpc) is 3.52. The summed E-state index contributed by atoms with van der Waals surface area (Å²) in [6.07, 6.45) is 4.94. The molecule has 0 atom stereocenters. The molecule has 30 heavy (non-hydrogen) atoms. The van der Waals surface area contributed by atoms with Crippen LogP contribution in [0.4, 0.5) is 5.69 Å². The van der Waals surface area contributed by atoms with Crippen LogP contribution < -0.4 is 20.1 Å². The number of hydrogen-bond donors (Lipinski definition) is 2. The molecule has 1 saturated carbocycles. The van der Waals surface area contributed by atoms with E-state index >= 15 is 0 Å². The summed E-state index contributed by atoms with van der Waals surface area (Å²) < 4.78 is 11.1. The first-order valence-electron chi connectivity index (χ1n) is 9.80. The fourth-order valence-corrected chi connectivity index (χ4v) is 3.08.